The van der Waals surface area contributed by atoms with Crippen LogP contribution in [0.25, 0.3) is 0 Å². The molecule has 0 bridgehead atoms. The summed E-state index contributed by atoms with van der Waals surface area (Å²) in [6.07, 6.45) is 6.21. The van der Waals surface area contributed by atoms with E-state index in [0.717, 1.165) is 37.3 Å². The number of nitrogens with one attached hydrogen (secondary N) is 1. The van der Waals surface area contributed by atoms with Crippen molar-refractivity contribution in [3.05, 3.63) is 47.0 Å². The highest BCUT2D eigenvalue weighted by atomic mass is 15.3. The molecule has 0 amide bonds. The van der Waals surface area contributed by atoms with E-state index in [4.69, 9.17) is 0 Å². The van der Waals surface area contributed by atoms with Crippen LogP contribution >= 0.6 is 0 Å². The maximum Gasteiger partial charge on any atom is 0.0522 e. The Hall–Kier alpha value is -1.68. The van der Waals surface area contributed by atoms with Gasteiger partial charge in [0, 0.05) is 30.2 Å². The highest BCUT2D eigenvalue weighted by Crippen LogP contribution is 2.20. The van der Waals surface area contributed by atoms with Gasteiger partial charge in [0.15, 0.2) is 0 Å². The summed E-state index contributed by atoms with van der Waals surface area (Å²) in [5.74, 6) is 0. The predicted octanol–water partition coefficient (Wildman–Crippen LogP) is 3.20. The van der Waals surface area contributed by atoms with Gasteiger partial charge >= 0.3 is 0 Å². The van der Waals surface area contributed by atoms with Gasteiger partial charge in [0.25, 0.3) is 0 Å². The number of pyridine rings is 1. The topological polar surface area (TPSA) is 42.7 Å². The molecular formula is C17H26N4. The van der Waals surface area contributed by atoms with Gasteiger partial charge in [0.2, 0.25) is 0 Å². The summed E-state index contributed by atoms with van der Waals surface area (Å²) in [6.45, 7) is 10.4. The molecule has 0 saturated carbocycles. The monoisotopic (exact) mass is 286 g/mol. The van der Waals surface area contributed by atoms with Crippen LogP contribution in [0.15, 0.2) is 24.5 Å². The van der Waals surface area contributed by atoms with Crippen molar-refractivity contribution in [2.45, 2.75) is 53.1 Å². The second-order valence-corrected chi connectivity index (χ2v) is 5.60. The number of aromatic nitrogens is 3. The molecule has 0 aromatic carbocycles. The molecule has 1 unspecified atom stereocenters. The SMILES string of the molecule is CCCNC(Cc1cnn(CC)c1)c1cc(C)nc(C)c1. The second-order valence-electron chi connectivity index (χ2n) is 5.60. The number of aryl methyl sites for hydroxylation is 3. The summed E-state index contributed by atoms with van der Waals surface area (Å²) in [6, 6.07) is 4.69. The molecule has 21 heavy (non-hydrogen) atoms. The van der Waals surface area contributed by atoms with Gasteiger partial charge in [-0.15, -0.1) is 0 Å². The predicted molar refractivity (Wildman–Crippen MR) is 86.4 cm³/mol. The minimum absolute atomic E-state index is 0.319. The van der Waals surface area contributed by atoms with E-state index in [9.17, 15) is 0 Å². The molecule has 0 aliphatic rings. The Morgan fingerprint density at radius 2 is 1.90 bits per heavy atom. The lowest BCUT2D eigenvalue weighted by atomic mass is 10.00. The normalized spacial score (nSPS) is 12.6. The zero-order valence-corrected chi connectivity index (χ0v) is 13.6. The summed E-state index contributed by atoms with van der Waals surface area (Å²) in [4.78, 5) is 4.48. The van der Waals surface area contributed by atoms with Crippen molar-refractivity contribution in [1.29, 1.82) is 0 Å². The summed E-state index contributed by atoms with van der Waals surface area (Å²) in [5.41, 5.74) is 4.75. The Morgan fingerprint density at radius 1 is 1.19 bits per heavy atom. The van der Waals surface area contributed by atoms with E-state index in [2.05, 4.69) is 61.4 Å². The van der Waals surface area contributed by atoms with Crippen molar-refractivity contribution in [2.24, 2.45) is 0 Å². The lowest BCUT2D eigenvalue weighted by Gasteiger charge is -2.19. The van der Waals surface area contributed by atoms with Crippen molar-refractivity contribution in [1.82, 2.24) is 20.1 Å². The lowest BCUT2D eigenvalue weighted by molar-refractivity contribution is 0.527. The van der Waals surface area contributed by atoms with E-state index in [1.54, 1.807) is 0 Å². The van der Waals surface area contributed by atoms with Crippen LogP contribution in [0.2, 0.25) is 0 Å². The zero-order valence-electron chi connectivity index (χ0n) is 13.6. The Bertz CT molecular complexity index is 554. The van der Waals surface area contributed by atoms with Crippen LogP contribution in [0, 0.1) is 13.8 Å². The van der Waals surface area contributed by atoms with Crippen molar-refractivity contribution >= 4 is 0 Å². The first kappa shape index (κ1) is 15.7. The molecule has 1 N–H and O–H groups in total. The third-order valence-electron chi connectivity index (χ3n) is 3.60. The zero-order chi connectivity index (χ0) is 15.2. The van der Waals surface area contributed by atoms with Crippen LogP contribution < -0.4 is 5.32 Å². The van der Waals surface area contributed by atoms with Crippen LogP contribution in [-0.4, -0.2) is 21.3 Å². The fourth-order valence-electron chi connectivity index (χ4n) is 2.61. The lowest BCUT2D eigenvalue weighted by Crippen LogP contribution is -2.24. The molecule has 1 atom stereocenters. The largest absolute Gasteiger partial charge is 0.310 e. The number of nitrogens with zero attached hydrogens (tertiary/aromatic N) is 3. The Labute approximate surface area is 127 Å². The first-order valence-corrected chi connectivity index (χ1v) is 7.82. The van der Waals surface area contributed by atoms with E-state index in [1.807, 2.05) is 10.9 Å². The molecule has 0 spiro atoms. The molecule has 2 aromatic heterocycles. The summed E-state index contributed by atoms with van der Waals surface area (Å²) in [5, 5.41) is 8.02. The third-order valence-corrected chi connectivity index (χ3v) is 3.60. The average molecular weight is 286 g/mol. The minimum Gasteiger partial charge on any atom is -0.310 e. The molecule has 2 aromatic rings. The standard InChI is InChI=1S/C17H26N4/c1-5-7-18-17(10-15-11-19-21(6-2)12-15)16-8-13(3)20-14(4)9-16/h8-9,11-12,17-18H,5-7,10H2,1-4H3. The number of hydrogen-bond donors (Lipinski definition) is 1. The van der Waals surface area contributed by atoms with Gasteiger partial charge in [-0.05, 0) is 63.4 Å². The molecule has 0 aliphatic carbocycles. The van der Waals surface area contributed by atoms with Gasteiger partial charge in [-0.1, -0.05) is 6.92 Å². The van der Waals surface area contributed by atoms with Crippen LogP contribution in [0.4, 0.5) is 0 Å². The molecule has 4 heteroatoms. The average Bonchev–Trinajstić information content (AvgIpc) is 2.90. The molecule has 114 valence electrons. The summed E-state index contributed by atoms with van der Waals surface area (Å²) < 4.78 is 1.98. The molecule has 4 nitrogen and oxygen atoms in total. The van der Waals surface area contributed by atoms with Crippen molar-refractivity contribution < 1.29 is 0 Å². The van der Waals surface area contributed by atoms with Gasteiger partial charge in [-0.2, -0.15) is 5.10 Å². The molecule has 2 heterocycles. The number of rotatable bonds is 7. The fraction of sp³-hybridized carbons (Fsp3) is 0.529. The smallest absolute Gasteiger partial charge is 0.0522 e. The molecule has 0 aliphatic heterocycles. The maximum absolute atomic E-state index is 4.48. The van der Waals surface area contributed by atoms with E-state index < -0.39 is 0 Å². The first-order chi connectivity index (χ1) is 10.1. The maximum atomic E-state index is 4.48. The van der Waals surface area contributed by atoms with Gasteiger partial charge in [-0.25, -0.2) is 0 Å². The minimum atomic E-state index is 0.319. The van der Waals surface area contributed by atoms with Gasteiger partial charge in [0.1, 0.15) is 0 Å². The van der Waals surface area contributed by atoms with Crippen molar-refractivity contribution in [3.63, 3.8) is 0 Å². The van der Waals surface area contributed by atoms with Gasteiger partial charge in [0.05, 0.1) is 6.20 Å². The Morgan fingerprint density at radius 3 is 2.48 bits per heavy atom. The summed E-state index contributed by atoms with van der Waals surface area (Å²) >= 11 is 0. The van der Waals surface area contributed by atoms with Crippen LogP contribution in [0.1, 0.15) is 48.8 Å². The molecule has 0 fully saturated rings. The second kappa shape index (κ2) is 7.36. The Balaban J connectivity index is 2.20. The van der Waals surface area contributed by atoms with Gasteiger partial charge < -0.3 is 5.32 Å². The van der Waals surface area contributed by atoms with Crippen LogP contribution in [-0.2, 0) is 13.0 Å². The molecule has 0 radical (unpaired) electrons. The van der Waals surface area contributed by atoms with E-state index in [1.165, 1.54) is 11.1 Å². The van der Waals surface area contributed by atoms with Crippen molar-refractivity contribution in [2.75, 3.05) is 6.54 Å². The van der Waals surface area contributed by atoms with Crippen LogP contribution in [0.3, 0.4) is 0 Å². The third kappa shape index (κ3) is 4.39. The summed E-state index contributed by atoms with van der Waals surface area (Å²) in [7, 11) is 0. The van der Waals surface area contributed by atoms with E-state index in [-0.39, 0.29) is 0 Å². The molecular weight excluding hydrogens is 260 g/mol. The van der Waals surface area contributed by atoms with Gasteiger partial charge in [-0.3, -0.25) is 9.67 Å². The van der Waals surface area contributed by atoms with E-state index >= 15 is 0 Å². The van der Waals surface area contributed by atoms with Crippen molar-refractivity contribution in [3.8, 4) is 0 Å². The van der Waals surface area contributed by atoms with Crippen LogP contribution in [0.5, 0.6) is 0 Å². The quantitative estimate of drug-likeness (QED) is 0.850. The Kier molecular flexibility index (Phi) is 5.51. The highest BCUT2D eigenvalue weighted by molar-refractivity contribution is 5.25. The highest BCUT2D eigenvalue weighted by Gasteiger charge is 2.14. The van der Waals surface area contributed by atoms with E-state index in [0.29, 0.717) is 6.04 Å². The first-order valence-electron chi connectivity index (χ1n) is 7.82. The fourth-order valence-corrected chi connectivity index (χ4v) is 2.61. The molecule has 0 saturated heterocycles. The molecule has 2 rings (SSSR count). The number of hydrogen-bond acceptors (Lipinski definition) is 3.